The third-order valence-corrected chi connectivity index (χ3v) is 4.43. The standard InChI is InChI=1S/C9H8OS/c10-7-4-5-9-6(7)2-1-3-8(9)11-9/h1-3,8H,4-5H2. The summed E-state index contributed by atoms with van der Waals surface area (Å²) in [4.78, 5) is 11.3. The predicted molar refractivity (Wildman–Crippen MR) is 45.6 cm³/mol. The molecule has 1 heterocycles. The Bertz CT molecular complexity index is 303. The molecule has 0 amide bonds. The molecule has 3 aliphatic rings. The van der Waals surface area contributed by atoms with Gasteiger partial charge >= 0.3 is 0 Å². The van der Waals surface area contributed by atoms with Gasteiger partial charge in [0.25, 0.3) is 0 Å². The van der Waals surface area contributed by atoms with Crippen molar-refractivity contribution in [1.82, 2.24) is 0 Å². The molecule has 0 radical (unpaired) electrons. The van der Waals surface area contributed by atoms with Crippen LogP contribution in [0.5, 0.6) is 0 Å². The van der Waals surface area contributed by atoms with Crippen LogP contribution in [0.1, 0.15) is 12.8 Å². The van der Waals surface area contributed by atoms with Gasteiger partial charge < -0.3 is 0 Å². The molecular weight excluding hydrogens is 156 g/mol. The van der Waals surface area contributed by atoms with Crippen LogP contribution in [0.2, 0.25) is 0 Å². The van der Waals surface area contributed by atoms with E-state index in [0.29, 0.717) is 11.0 Å². The molecule has 1 nitrogen and oxygen atoms in total. The van der Waals surface area contributed by atoms with E-state index in [-0.39, 0.29) is 4.75 Å². The van der Waals surface area contributed by atoms with Crippen molar-refractivity contribution in [2.24, 2.45) is 0 Å². The average Bonchev–Trinajstić information content (AvgIpc) is 2.66. The summed E-state index contributed by atoms with van der Waals surface area (Å²) in [5.41, 5.74) is 1.09. The van der Waals surface area contributed by atoms with Crippen molar-refractivity contribution in [3.8, 4) is 0 Å². The molecule has 2 fully saturated rings. The monoisotopic (exact) mass is 164 g/mol. The van der Waals surface area contributed by atoms with E-state index in [1.807, 2.05) is 23.9 Å². The van der Waals surface area contributed by atoms with Gasteiger partial charge in [0.05, 0.1) is 4.75 Å². The summed E-state index contributed by atoms with van der Waals surface area (Å²) in [6, 6.07) is 0. The van der Waals surface area contributed by atoms with Crippen LogP contribution in [-0.2, 0) is 4.79 Å². The van der Waals surface area contributed by atoms with Crippen LogP contribution < -0.4 is 0 Å². The largest absolute Gasteiger partial charge is 0.294 e. The Morgan fingerprint density at radius 3 is 3.36 bits per heavy atom. The van der Waals surface area contributed by atoms with Gasteiger partial charge in [-0.2, -0.15) is 0 Å². The SMILES string of the molecule is O=C1CCC23SC2C=CC=C13. The summed E-state index contributed by atoms with van der Waals surface area (Å²) in [6.07, 6.45) is 8.11. The molecule has 2 atom stereocenters. The lowest BCUT2D eigenvalue weighted by Crippen LogP contribution is -2.14. The van der Waals surface area contributed by atoms with Crippen molar-refractivity contribution in [3.05, 3.63) is 23.8 Å². The lowest BCUT2D eigenvalue weighted by Gasteiger charge is -2.07. The number of thioether (sulfide) groups is 1. The second-order valence-corrected chi connectivity index (χ2v) is 4.79. The Hall–Kier alpha value is -0.500. The Balaban J connectivity index is 2.16. The van der Waals surface area contributed by atoms with Crippen molar-refractivity contribution >= 4 is 17.5 Å². The Kier molecular flexibility index (Phi) is 0.900. The molecule has 0 bridgehead atoms. The Morgan fingerprint density at radius 1 is 1.64 bits per heavy atom. The smallest absolute Gasteiger partial charge is 0.160 e. The van der Waals surface area contributed by atoms with Crippen LogP contribution in [0.15, 0.2) is 23.8 Å². The molecule has 1 saturated heterocycles. The van der Waals surface area contributed by atoms with Gasteiger partial charge in [-0.3, -0.25) is 4.79 Å². The number of hydrogen-bond acceptors (Lipinski definition) is 2. The Labute approximate surface area is 69.5 Å². The van der Waals surface area contributed by atoms with Gasteiger partial charge in [-0.25, -0.2) is 0 Å². The fourth-order valence-corrected chi connectivity index (χ4v) is 3.50. The number of ketones is 1. The van der Waals surface area contributed by atoms with Gasteiger partial charge in [0.15, 0.2) is 5.78 Å². The van der Waals surface area contributed by atoms with Crippen molar-refractivity contribution in [2.45, 2.75) is 22.8 Å². The van der Waals surface area contributed by atoms with Gasteiger partial charge in [-0.15, -0.1) is 11.8 Å². The minimum atomic E-state index is 0.270. The van der Waals surface area contributed by atoms with Crippen molar-refractivity contribution in [3.63, 3.8) is 0 Å². The summed E-state index contributed by atoms with van der Waals surface area (Å²) >= 11 is 1.94. The number of allylic oxidation sites excluding steroid dienone is 2. The number of rotatable bonds is 0. The van der Waals surface area contributed by atoms with Crippen LogP contribution in [0, 0.1) is 0 Å². The van der Waals surface area contributed by atoms with Gasteiger partial charge in [-0.05, 0) is 6.42 Å². The molecule has 1 aliphatic heterocycles. The molecule has 1 saturated carbocycles. The van der Waals surface area contributed by atoms with Gasteiger partial charge in [0, 0.05) is 17.2 Å². The molecule has 2 unspecified atom stereocenters. The number of carbonyl (C=O) groups excluding carboxylic acids is 1. The zero-order valence-corrected chi connectivity index (χ0v) is 6.86. The van der Waals surface area contributed by atoms with E-state index in [1.165, 1.54) is 0 Å². The number of hydrogen-bond donors (Lipinski definition) is 0. The summed E-state index contributed by atoms with van der Waals surface area (Å²) in [6.45, 7) is 0. The summed E-state index contributed by atoms with van der Waals surface area (Å²) in [5, 5.41) is 0.633. The van der Waals surface area contributed by atoms with Crippen LogP contribution in [0.4, 0.5) is 0 Å². The first-order chi connectivity index (χ1) is 5.33. The fraction of sp³-hybridized carbons (Fsp3) is 0.444. The highest BCUT2D eigenvalue weighted by Gasteiger charge is 2.61. The molecule has 11 heavy (non-hydrogen) atoms. The highest BCUT2D eigenvalue weighted by Crippen LogP contribution is 2.65. The van der Waals surface area contributed by atoms with Crippen LogP contribution in [-0.4, -0.2) is 15.8 Å². The second kappa shape index (κ2) is 1.63. The maximum atomic E-state index is 11.3. The lowest BCUT2D eigenvalue weighted by molar-refractivity contribution is -0.114. The first-order valence-corrected chi connectivity index (χ1v) is 4.81. The van der Waals surface area contributed by atoms with E-state index < -0.39 is 0 Å². The second-order valence-electron chi connectivity index (χ2n) is 3.32. The molecule has 0 aromatic carbocycles. The molecule has 2 aliphatic carbocycles. The third-order valence-electron chi connectivity index (χ3n) is 2.77. The topological polar surface area (TPSA) is 17.1 Å². The lowest BCUT2D eigenvalue weighted by atomic mass is 9.94. The summed E-state index contributed by atoms with van der Waals surface area (Å²) in [7, 11) is 0. The quantitative estimate of drug-likeness (QED) is 0.507. The van der Waals surface area contributed by atoms with E-state index in [0.717, 1.165) is 18.4 Å². The molecule has 2 heteroatoms. The number of Topliss-reactive ketones (excluding diaryl/α,β-unsaturated/α-hetero) is 1. The average molecular weight is 164 g/mol. The van der Waals surface area contributed by atoms with Crippen molar-refractivity contribution < 1.29 is 4.79 Å². The molecule has 56 valence electrons. The molecule has 0 aromatic rings. The molecule has 3 rings (SSSR count). The summed E-state index contributed by atoms with van der Waals surface area (Å²) in [5.74, 6) is 0.379. The van der Waals surface area contributed by atoms with Crippen LogP contribution in [0.3, 0.4) is 0 Å². The van der Waals surface area contributed by atoms with Gasteiger partial charge in [-0.1, -0.05) is 18.2 Å². The third kappa shape index (κ3) is 0.574. The van der Waals surface area contributed by atoms with E-state index in [2.05, 4.69) is 6.08 Å². The molecule has 0 aromatic heterocycles. The molecule has 1 spiro atoms. The van der Waals surface area contributed by atoms with Gasteiger partial charge in [0.1, 0.15) is 0 Å². The normalized spacial score (nSPS) is 44.9. The highest BCUT2D eigenvalue weighted by molar-refractivity contribution is 8.09. The van der Waals surface area contributed by atoms with E-state index in [1.54, 1.807) is 0 Å². The van der Waals surface area contributed by atoms with Crippen LogP contribution >= 0.6 is 11.8 Å². The predicted octanol–water partition coefficient (Wildman–Crippen LogP) is 1.70. The molecule has 0 N–H and O–H groups in total. The highest BCUT2D eigenvalue weighted by atomic mass is 32.2. The van der Waals surface area contributed by atoms with Gasteiger partial charge in [0.2, 0.25) is 0 Å². The first-order valence-electron chi connectivity index (χ1n) is 3.93. The number of carbonyl (C=O) groups is 1. The minimum absolute atomic E-state index is 0.270. The molecular formula is C9H8OS. The maximum Gasteiger partial charge on any atom is 0.160 e. The maximum absolute atomic E-state index is 11.3. The minimum Gasteiger partial charge on any atom is -0.294 e. The summed E-state index contributed by atoms with van der Waals surface area (Å²) < 4.78 is 0.270. The Morgan fingerprint density at radius 2 is 2.55 bits per heavy atom. The fourth-order valence-electron chi connectivity index (χ4n) is 2.10. The van der Waals surface area contributed by atoms with Crippen molar-refractivity contribution in [1.29, 1.82) is 0 Å². The van der Waals surface area contributed by atoms with E-state index in [9.17, 15) is 4.79 Å². The van der Waals surface area contributed by atoms with Crippen molar-refractivity contribution in [2.75, 3.05) is 0 Å². The van der Waals surface area contributed by atoms with E-state index >= 15 is 0 Å². The first kappa shape index (κ1) is 6.06. The zero-order valence-electron chi connectivity index (χ0n) is 6.04. The zero-order chi connectivity index (χ0) is 7.47. The van der Waals surface area contributed by atoms with Crippen LogP contribution in [0.25, 0.3) is 0 Å². The van der Waals surface area contributed by atoms with E-state index in [4.69, 9.17) is 0 Å².